The number of carbonyl (C=O) groups excluding carboxylic acids is 1. The first-order chi connectivity index (χ1) is 8.35. The van der Waals surface area contributed by atoms with E-state index in [1.165, 1.54) is 0 Å². The summed E-state index contributed by atoms with van der Waals surface area (Å²) in [6.07, 6.45) is 0. The van der Waals surface area contributed by atoms with Gasteiger partial charge in [0.15, 0.2) is 0 Å². The highest BCUT2D eigenvalue weighted by atomic mass is 19.3. The minimum absolute atomic E-state index is 0.300. The van der Waals surface area contributed by atoms with Crippen LogP contribution in [-0.2, 0) is 0 Å². The van der Waals surface area contributed by atoms with Crippen LogP contribution in [0.5, 0.6) is 0 Å². The summed E-state index contributed by atoms with van der Waals surface area (Å²) in [7, 11) is 3.72. The average molecular weight is 258 g/mol. The average Bonchev–Trinajstić information content (AvgIpc) is 2.36. The highest BCUT2D eigenvalue weighted by Crippen LogP contribution is 2.13. The van der Waals surface area contributed by atoms with Crippen molar-refractivity contribution in [2.75, 3.05) is 32.1 Å². The number of nitrogens with one attached hydrogen (secondary N) is 1. The number of nitrogens with zero attached hydrogens (tertiary/aromatic N) is 1. The van der Waals surface area contributed by atoms with E-state index in [1.54, 1.807) is 24.3 Å². The molecule has 1 rings (SSSR count). The first-order valence-electron chi connectivity index (χ1n) is 5.40. The lowest BCUT2D eigenvalue weighted by Crippen LogP contribution is -2.38. The van der Waals surface area contributed by atoms with Gasteiger partial charge >= 0.3 is 0 Å². The quantitative estimate of drug-likeness (QED) is 0.832. The summed E-state index contributed by atoms with van der Waals surface area (Å²) >= 11 is 0. The number of halogens is 2. The van der Waals surface area contributed by atoms with E-state index in [0.717, 1.165) is 5.69 Å². The maximum atomic E-state index is 12.7. The van der Waals surface area contributed by atoms with Crippen molar-refractivity contribution in [2.24, 2.45) is 0 Å². The molecule has 0 unspecified atom stereocenters. The van der Waals surface area contributed by atoms with Crippen LogP contribution in [0.4, 0.5) is 14.5 Å². The highest BCUT2D eigenvalue weighted by molar-refractivity contribution is 5.94. The molecule has 6 heteroatoms. The van der Waals surface area contributed by atoms with Gasteiger partial charge in [0, 0.05) is 25.3 Å². The van der Waals surface area contributed by atoms with Gasteiger partial charge in [-0.05, 0) is 24.3 Å². The summed E-state index contributed by atoms with van der Waals surface area (Å²) in [5.74, 6) is -3.88. The number of amides is 1. The second-order valence-corrected chi connectivity index (χ2v) is 4.14. The minimum Gasteiger partial charge on any atom is -0.390 e. The number of aliphatic hydroxyl groups excluding tert-OH is 1. The standard InChI is InChI=1S/C12H16F2N2O2/c1-16(2)10-5-3-9(4-6-10)11(18)15-7-12(13,14)8-17/h3-6,17H,7-8H2,1-2H3,(H,15,18). The van der Waals surface area contributed by atoms with Crippen LogP contribution < -0.4 is 10.2 Å². The Morgan fingerprint density at radius 2 is 1.89 bits per heavy atom. The fourth-order valence-electron chi connectivity index (χ4n) is 1.28. The van der Waals surface area contributed by atoms with Crippen LogP contribution >= 0.6 is 0 Å². The molecule has 1 aromatic carbocycles. The zero-order valence-corrected chi connectivity index (χ0v) is 10.3. The molecule has 0 aliphatic rings. The lowest BCUT2D eigenvalue weighted by Gasteiger charge is -2.15. The van der Waals surface area contributed by atoms with Crippen molar-refractivity contribution >= 4 is 11.6 Å². The number of rotatable bonds is 5. The van der Waals surface area contributed by atoms with Gasteiger partial charge in [-0.2, -0.15) is 0 Å². The molecule has 4 nitrogen and oxygen atoms in total. The van der Waals surface area contributed by atoms with Crippen LogP contribution in [0, 0.1) is 0 Å². The molecule has 0 saturated carbocycles. The fraction of sp³-hybridized carbons (Fsp3) is 0.417. The third-order valence-electron chi connectivity index (χ3n) is 2.38. The predicted molar refractivity (Wildman–Crippen MR) is 65.1 cm³/mol. The van der Waals surface area contributed by atoms with Crippen molar-refractivity contribution in [1.82, 2.24) is 5.32 Å². The Morgan fingerprint density at radius 3 is 2.33 bits per heavy atom. The Morgan fingerprint density at radius 1 is 1.33 bits per heavy atom. The SMILES string of the molecule is CN(C)c1ccc(C(=O)NCC(F)(F)CO)cc1. The van der Waals surface area contributed by atoms with Crippen molar-refractivity contribution in [3.05, 3.63) is 29.8 Å². The normalized spacial score (nSPS) is 11.2. The number of aliphatic hydroxyl groups is 1. The van der Waals surface area contributed by atoms with Crippen LogP contribution in [0.1, 0.15) is 10.4 Å². The lowest BCUT2D eigenvalue weighted by atomic mass is 10.2. The van der Waals surface area contributed by atoms with Gasteiger partial charge in [0.2, 0.25) is 0 Å². The number of hydrogen-bond acceptors (Lipinski definition) is 3. The summed E-state index contributed by atoms with van der Waals surface area (Å²) in [5, 5.41) is 10.4. The molecule has 0 aliphatic heterocycles. The van der Waals surface area contributed by atoms with Crippen molar-refractivity contribution < 1.29 is 18.7 Å². The summed E-state index contributed by atoms with van der Waals surface area (Å²) < 4.78 is 25.5. The number of benzene rings is 1. The molecule has 0 saturated heterocycles. The van der Waals surface area contributed by atoms with Crippen LogP contribution in [-0.4, -0.2) is 44.2 Å². The molecule has 0 aliphatic carbocycles. The van der Waals surface area contributed by atoms with Gasteiger partial charge in [0.05, 0.1) is 6.54 Å². The van der Waals surface area contributed by atoms with Gasteiger partial charge < -0.3 is 15.3 Å². The molecule has 2 N–H and O–H groups in total. The van der Waals surface area contributed by atoms with Crippen LogP contribution in [0.15, 0.2) is 24.3 Å². The molecule has 0 atom stereocenters. The summed E-state index contributed by atoms with van der Waals surface area (Å²) in [6.45, 7) is -2.16. The first-order valence-corrected chi connectivity index (χ1v) is 5.40. The van der Waals surface area contributed by atoms with Crippen molar-refractivity contribution in [1.29, 1.82) is 0 Å². The number of hydrogen-bond donors (Lipinski definition) is 2. The molecule has 0 fully saturated rings. The topological polar surface area (TPSA) is 52.6 Å². The van der Waals surface area contributed by atoms with E-state index >= 15 is 0 Å². The third kappa shape index (κ3) is 3.96. The Labute approximate surface area is 104 Å². The summed E-state index contributed by atoms with van der Waals surface area (Å²) in [4.78, 5) is 13.4. The van der Waals surface area contributed by atoms with Gasteiger partial charge in [0.25, 0.3) is 11.8 Å². The Kier molecular flexibility index (Phi) is 4.61. The summed E-state index contributed by atoms with van der Waals surface area (Å²) in [6, 6.07) is 6.56. The van der Waals surface area contributed by atoms with Crippen molar-refractivity contribution in [2.45, 2.75) is 5.92 Å². The van der Waals surface area contributed by atoms with Crippen LogP contribution in [0.25, 0.3) is 0 Å². The molecule has 18 heavy (non-hydrogen) atoms. The lowest BCUT2D eigenvalue weighted by molar-refractivity contribution is -0.0462. The van der Waals surface area contributed by atoms with Gasteiger partial charge in [-0.25, -0.2) is 8.78 Å². The second kappa shape index (κ2) is 5.77. The molecule has 0 bridgehead atoms. The maximum Gasteiger partial charge on any atom is 0.287 e. The monoisotopic (exact) mass is 258 g/mol. The van der Waals surface area contributed by atoms with E-state index in [4.69, 9.17) is 5.11 Å². The fourth-order valence-corrected chi connectivity index (χ4v) is 1.28. The molecule has 0 aromatic heterocycles. The molecule has 1 amide bonds. The molecule has 0 heterocycles. The molecule has 0 radical (unpaired) electrons. The molecular weight excluding hydrogens is 242 g/mol. The second-order valence-electron chi connectivity index (χ2n) is 4.14. The zero-order valence-electron chi connectivity index (χ0n) is 10.3. The van der Waals surface area contributed by atoms with E-state index in [2.05, 4.69) is 5.32 Å². The van der Waals surface area contributed by atoms with Crippen molar-refractivity contribution in [3.63, 3.8) is 0 Å². The molecule has 0 spiro atoms. The van der Waals surface area contributed by atoms with E-state index in [0.29, 0.717) is 5.56 Å². The number of alkyl halides is 2. The zero-order chi connectivity index (χ0) is 13.8. The van der Waals surface area contributed by atoms with E-state index in [9.17, 15) is 13.6 Å². The molecular formula is C12H16F2N2O2. The Hall–Kier alpha value is -1.69. The highest BCUT2D eigenvalue weighted by Gasteiger charge is 2.28. The molecule has 1 aromatic rings. The molecule has 100 valence electrons. The van der Waals surface area contributed by atoms with E-state index in [1.807, 2.05) is 19.0 Å². The Balaban J connectivity index is 2.62. The predicted octanol–water partition coefficient (Wildman–Crippen LogP) is 1.11. The van der Waals surface area contributed by atoms with Crippen LogP contribution in [0.2, 0.25) is 0 Å². The van der Waals surface area contributed by atoms with Crippen LogP contribution in [0.3, 0.4) is 0 Å². The van der Waals surface area contributed by atoms with Crippen molar-refractivity contribution in [3.8, 4) is 0 Å². The van der Waals surface area contributed by atoms with Gasteiger partial charge in [-0.1, -0.05) is 0 Å². The van der Waals surface area contributed by atoms with Gasteiger partial charge in [-0.3, -0.25) is 4.79 Å². The van der Waals surface area contributed by atoms with E-state index < -0.39 is 25.0 Å². The smallest absolute Gasteiger partial charge is 0.287 e. The number of anilines is 1. The van der Waals surface area contributed by atoms with E-state index in [-0.39, 0.29) is 0 Å². The third-order valence-corrected chi connectivity index (χ3v) is 2.38. The summed E-state index contributed by atoms with van der Waals surface area (Å²) in [5.41, 5.74) is 1.21. The first kappa shape index (κ1) is 14.4. The number of carbonyl (C=O) groups is 1. The maximum absolute atomic E-state index is 12.7. The largest absolute Gasteiger partial charge is 0.390 e. The minimum atomic E-state index is -3.29. The van der Waals surface area contributed by atoms with Gasteiger partial charge in [-0.15, -0.1) is 0 Å². The van der Waals surface area contributed by atoms with Gasteiger partial charge in [0.1, 0.15) is 6.61 Å². The Bertz CT molecular complexity index is 405.